The molecule has 0 aliphatic carbocycles. The number of ether oxygens (including phenoxy) is 4. The van der Waals surface area contributed by atoms with Crippen molar-refractivity contribution in [3.8, 4) is 11.5 Å². The third-order valence-electron chi connectivity index (χ3n) is 5.32. The predicted octanol–water partition coefficient (Wildman–Crippen LogP) is 3.27. The first-order valence-corrected chi connectivity index (χ1v) is 10.6. The third kappa shape index (κ3) is 4.92. The number of hydrogen-bond acceptors (Lipinski definition) is 9. The number of carbonyl (C=O) groups excluding carboxylic acids is 2. The molecule has 2 heterocycles. The molecule has 1 aliphatic rings. The van der Waals surface area contributed by atoms with Crippen LogP contribution in [0.1, 0.15) is 55.2 Å². The van der Waals surface area contributed by atoms with Crippen molar-refractivity contribution in [3.05, 3.63) is 41.2 Å². The van der Waals surface area contributed by atoms with E-state index in [2.05, 4.69) is 15.3 Å². The molecule has 0 spiro atoms. The summed E-state index contributed by atoms with van der Waals surface area (Å²) in [7, 11) is 3.13. The van der Waals surface area contributed by atoms with E-state index in [4.69, 9.17) is 18.9 Å². The number of carbonyl (C=O) groups is 2. The maximum absolute atomic E-state index is 12.7. The summed E-state index contributed by atoms with van der Waals surface area (Å²) in [4.78, 5) is 33.5. The first-order chi connectivity index (χ1) is 15.3. The molecule has 0 radical (unpaired) electrons. The van der Waals surface area contributed by atoms with Gasteiger partial charge in [-0.05, 0) is 32.4 Å². The van der Waals surface area contributed by atoms with E-state index in [0.717, 1.165) is 12.0 Å². The predicted molar refractivity (Wildman–Crippen MR) is 117 cm³/mol. The number of methoxy groups -OCH3 is 2. The second-order valence-corrected chi connectivity index (χ2v) is 7.68. The summed E-state index contributed by atoms with van der Waals surface area (Å²) in [5, 5.41) is 3.06. The second kappa shape index (κ2) is 9.84. The Morgan fingerprint density at radius 1 is 1.22 bits per heavy atom. The molecule has 0 saturated carbocycles. The Kier molecular flexibility index (Phi) is 7.17. The molecule has 32 heavy (non-hydrogen) atoms. The van der Waals surface area contributed by atoms with Gasteiger partial charge < -0.3 is 24.3 Å². The highest BCUT2D eigenvalue weighted by atomic mass is 16.6. The van der Waals surface area contributed by atoms with E-state index >= 15 is 0 Å². The average Bonchev–Trinajstić information content (AvgIpc) is 3.08. The fourth-order valence-electron chi connectivity index (χ4n) is 3.66. The van der Waals surface area contributed by atoms with Gasteiger partial charge in [-0.2, -0.15) is 0 Å². The smallest absolute Gasteiger partial charge is 0.341 e. The van der Waals surface area contributed by atoms with Gasteiger partial charge in [-0.3, -0.25) is 0 Å². The van der Waals surface area contributed by atoms with Crippen molar-refractivity contribution in [2.24, 2.45) is 0 Å². The molecule has 3 rings (SSSR count). The van der Waals surface area contributed by atoms with Crippen molar-refractivity contribution in [2.75, 3.05) is 26.1 Å². The van der Waals surface area contributed by atoms with Crippen molar-refractivity contribution in [2.45, 2.75) is 51.7 Å². The fraction of sp³-hybridized carbons (Fsp3) is 0.478. The lowest BCUT2D eigenvalue weighted by Crippen LogP contribution is -2.26. The van der Waals surface area contributed by atoms with Gasteiger partial charge in [0, 0.05) is 24.2 Å². The second-order valence-electron chi connectivity index (χ2n) is 7.68. The van der Waals surface area contributed by atoms with Crippen LogP contribution in [0.3, 0.4) is 0 Å². The first kappa shape index (κ1) is 23.3. The van der Waals surface area contributed by atoms with Gasteiger partial charge in [0.2, 0.25) is 5.95 Å². The normalized spacial score (nSPS) is 19.9. The van der Waals surface area contributed by atoms with Gasteiger partial charge in [0.25, 0.3) is 0 Å². The van der Waals surface area contributed by atoms with Crippen molar-refractivity contribution in [3.63, 3.8) is 0 Å². The molecule has 1 aromatic carbocycles. The van der Waals surface area contributed by atoms with Gasteiger partial charge in [0.1, 0.15) is 23.1 Å². The molecule has 1 N–H and O–H groups in total. The third-order valence-corrected chi connectivity index (χ3v) is 5.32. The molecular weight excluding hydrogens is 414 g/mol. The lowest BCUT2D eigenvalue weighted by Gasteiger charge is -2.24. The zero-order chi connectivity index (χ0) is 23.3. The van der Waals surface area contributed by atoms with Crippen molar-refractivity contribution >= 4 is 17.9 Å². The maximum atomic E-state index is 12.7. The number of esters is 2. The number of hydrogen-bond donors (Lipinski definition) is 1. The number of rotatable bonds is 9. The number of benzene rings is 1. The van der Waals surface area contributed by atoms with E-state index in [-0.39, 0.29) is 12.6 Å². The van der Waals surface area contributed by atoms with E-state index < -0.39 is 23.6 Å². The Hall–Kier alpha value is -3.36. The molecule has 9 heteroatoms. The molecule has 172 valence electrons. The highest BCUT2D eigenvalue weighted by Crippen LogP contribution is 2.40. The molecule has 2 aromatic rings. The molecule has 0 amide bonds. The zero-order valence-electron chi connectivity index (χ0n) is 19.1. The van der Waals surface area contributed by atoms with Gasteiger partial charge in [-0.25, -0.2) is 19.6 Å². The molecular formula is C23H29N3O6. The van der Waals surface area contributed by atoms with Crippen LogP contribution >= 0.6 is 0 Å². The van der Waals surface area contributed by atoms with E-state index in [1.165, 1.54) is 6.20 Å². The first-order valence-electron chi connectivity index (χ1n) is 10.6. The quantitative estimate of drug-likeness (QED) is 0.584. The van der Waals surface area contributed by atoms with E-state index in [1.807, 2.05) is 26.0 Å². The molecule has 1 aromatic heterocycles. The van der Waals surface area contributed by atoms with Crippen LogP contribution in [0.2, 0.25) is 0 Å². The van der Waals surface area contributed by atoms with E-state index in [1.54, 1.807) is 27.2 Å². The minimum Gasteiger partial charge on any atom is -0.497 e. The van der Waals surface area contributed by atoms with Gasteiger partial charge in [0.15, 0.2) is 0 Å². The molecule has 0 bridgehead atoms. The molecule has 1 saturated heterocycles. The molecule has 1 aliphatic heterocycles. The van der Waals surface area contributed by atoms with Gasteiger partial charge in [-0.1, -0.05) is 13.3 Å². The molecule has 9 nitrogen and oxygen atoms in total. The van der Waals surface area contributed by atoms with Gasteiger partial charge >= 0.3 is 11.9 Å². The fourth-order valence-corrected chi connectivity index (χ4v) is 3.66. The van der Waals surface area contributed by atoms with E-state index in [9.17, 15) is 9.59 Å². The van der Waals surface area contributed by atoms with Crippen LogP contribution in [0.4, 0.5) is 5.95 Å². The summed E-state index contributed by atoms with van der Waals surface area (Å²) in [6.07, 6.45) is 3.17. The Morgan fingerprint density at radius 2 is 1.91 bits per heavy atom. The minimum atomic E-state index is -0.881. The highest BCUT2D eigenvalue weighted by molar-refractivity contribution is 5.90. The Balaban J connectivity index is 1.83. The lowest BCUT2D eigenvalue weighted by molar-refractivity contribution is -0.148. The summed E-state index contributed by atoms with van der Waals surface area (Å²) < 4.78 is 21.5. The van der Waals surface area contributed by atoms with Crippen LogP contribution in [-0.4, -0.2) is 48.8 Å². The summed E-state index contributed by atoms with van der Waals surface area (Å²) >= 11 is 0. The molecule has 1 fully saturated rings. The number of nitrogens with zero attached hydrogens (tertiary/aromatic N) is 2. The largest absolute Gasteiger partial charge is 0.497 e. The maximum Gasteiger partial charge on any atom is 0.341 e. The summed E-state index contributed by atoms with van der Waals surface area (Å²) in [5.41, 5.74) is 0.793. The standard InChI is InChI=1S/C23H29N3O6/c1-6-8-18-17(20(27)31-7-2)13-24-22(25-18)26-19-12-23(3,32-21(19)28)14-9-15(29-4)11-16(10-14)30-5/h9-11,13,19H,6-8,12H2,1-5H3,(H,24,25,26). The number of nitrogens with one attached hydrogen (secondary N) is 1. The number of cyclic esters (lactones) is 1. The van der Waals surface area contributed by atoms with Crippen molar-refractivity contribution < 1.29 is 28.5 Å². The number of aryl methyl sites for hydroxylation is 1. The Bertz CT molecular complexity index is 973. The summed E-state index contributed by atoms with van der Waals surface area (Å²) in [6.45, 7) is 5.85. The molecule has 2 atom stereocenters. The monoisotopic (exact) mass is 443 g/mol. The number of aromatic nitrogens is 2. The summed E-state index contributed by atoms with van der Waals surface area (Å²) in [5.74, 6) is 0.605. The Labute approximate surface area is 187 Å². The van der Waals surface area contributed by atoms with Crippen molar-refractivity contribution in [1.29, 1.82) is 0 Å². The highest BCUT2D eigenvalue weighted by Gasteiger charge is 2.45. The van der Waals surface area contributed by atoms with Crippen LogP contribution in [-0.2, 0) is 26.3 Å². The van der Waals surface area contributed by atoms with Gasteiger partial charge in [-0.15, -0.1) is 0 Å². The van der Waals surface area contributed by atoms with Crippen LogP contribution in [0.15, 0.2) is 24.4 Å². The van der Waals surface area contributed by atoms with Gasteiger partial charge in [0.05, 0.1) is 32.1 Å². The summed E-state index contributed by atoms with van der Waals surface area (Å²) in [6, 6.07) is 4.75. The van der Waals surface area contributed by atoms with Crippen LogP contribution < -0.4 is 14.8 Å². The molecule has 2 unspecified atom stereocenters. The van der Waals surface area contributed by atoms with Crippen LogP contribution in [0, 0.1) is 0 Å². The SMILES string of the molecule is CCCc1nc(NC2CC(C)(c3cc(OC)cc(OC)c3)OC2=O)ncc1C(=O)OCC. The average molecular weight is 444 g/mol. The zero-order valence-corrected chi connectivity index (χ0v) is 19.1. The Morgan fingerprint density at radius 3 is 2.50 bits per heavy atom. The lowest BCUT2D eigenvalue weighted by atomic mass is 9.91. The number of anilines is 1. The van der Waals surface area contributed by atoms with E-state index in [0.29, 0.717) is 35.6 Å². The topological polar surface area (TPSA) is 109 Å². The van der Waals surface area contributed by atoms with Crippen molar-refractivity contribution in [1.82, 2.24) is 9.97 Å². The van der Waals surface area contributed by atoms with Crippen LogP contribution in [0.25, 0.3) is 0 Å². The van der Waals surface area contributed by atoms with Crippen LogP contribution in [0.5, 0.6) is 11.5 Å². The minimum absolute atomic E-state index is 0.260.